The summed E-state index contributed by atoms with van der Waals surface area (Å²) in [6.07, 6.45) is 1.51. The molecule has 0 aliphatic heterocycles. The lowest BCUT2D eigenvalue weighted by Gasteiger charge is -2.03. The van der Waals surface area contributed by atoms with Gasteiger partial charge in [0.15, 0.2) is 0 Å². The highest BCUT2D eigenvalue weighted by Gasteiger charge is 2.11. The summed E-state index contributed by atoms with van der Waals surface area (Å²) in [7, 11) is 0. The first kappa shape index (κ1) is 11.2. The Kier molecular flexibility index (Phi) is 2.76. The second kappa shape index (κ2) is 4.42. The first-order valence-electron chi connectivity index (χ1n) is 5.47. The molecule has 0 saturated heterocycles. The van der Waals surface area contributed by atoms with Crippen molar-refractivity contribution in [2.24, 2.45) is 0 Å². The third-order valence-electron chi connectivity index (χ3n) is 2.79. The van der Waals surface area contributed by atoms with Crippen molar-refractivity contribution in [3.8, 4) is 11.5 Å². The van der Waals surface area contributed by atoms with E-state index in [1.165, 1.54) is 12.3 Å². The van der Waals surface area contributed by atoms with Crippen LogP contribution in [0.25, 0.3) is 22.2 Å². The van der Waals surface area contributed by atoms with Crippen LogP contribution in [0, 0.1) is 5.82 Å². The minimum absolute atomic E-state index is 0.251. The Morgan fingerprint density at radius 3 is 2.61 bits per heavy atom. The van der Waals surface area contributed by atoms with Crippen molar-refractivity contribution in [1.82, 2.24) is 4.98 Å². The highest BCUT2D eigenvalue weighted by Crippen LogP contribution is 2.29. The molecule has 0 N–H and O–H groups in total. The highest BCUT2D eigenvalue weighted by atomic mass is 35.5. The van der Waals surface area contributed by atoms with Crippen LogP contribution >= 0.6 is 11.6 Å². The van der Waals surface area contributed by atoms with E-state index in [-0.39, 0.29) is 5.82 Å². The van der Waals surface area contributed by atoms with Gasteiger partial charge in [0.1, 0.15) is 12.1 Å². The molecule has 3 aromatic rings. The maximum Gasteiger partial charge on any atom is 0.226 e. The largest absolute Gasteiger partial charge is 0.444 e. The van der Waals surface area contributed by atoms with Crippen LogP contribution in [0.2, 0.25) is 0 Å². The van der Waals surface area contributed by atoms with Crippen molar-refractivity contribution in [3.63, 3.8) is 0 Å². The smallest absolute Gasteiger partial charge is 0.226 e. The molecule has 90 valence electrons. The number of hydrogen-bond acceptors (Lipinski definition) is 2. The number of alkyl halides is 1. The Morgan fingerprint density at radius 2 is 1.89 bits per heavy atom. The standard InChI is InChI=1S/C14H9ClFNO/c15-7-9-8-18-14(17-9)12-5-6-13(16)11-4-2-1-3-10(11)12/h1-6,8H,7H2. The fraction of sp³-hybridized carbons (Fsp3) is 0.0714. The lowest BCUT2D eigenvalue weighted by atomic mass is 10.0. The van der Waals surface area contributed by atoms with Gasteiger partial charge in [0.05, 0.1) is 11.6 Å². The molecule has 1 aromatic heterocycles. The number of aromatic nitrogens is 1. The van der Waals surface area contributed by atoms with Crippen LogP contribution in [-0.4, -0.2) is 4.98 Å². The van der Waals surface area contributed by atoms with E-state index < -0.39 is 0 Å². The number of nitrogens with zero attached hydrogens (tertiary/aromatic N) is 1. The van der Waals surface area contributed by atoms with Crippen LogP contribution in [0.1, 0.15) is 5.69 Å². The maximum absolute atomic E-state index is 13.7. The van der Waals surface area contributed by atoms with Gasteiger partial charge in [-0.25, -0.2) is 9.37 Å². The van der Waals surface area contributed by atoms with Gasteiger partial charge in [-0.2, -0.15) is 0 Å². The second-order valence-electron chi connectivity index (χ2n) is 3.92. The van der Waals surface area contributed by atoms with Gasteiger partial charge >= 0.3 is 0 Å². The van der Waals surface area contributed by atoms with Crippen molar-refractivity contribution in [1.29, 1.82) is 0 Å². The van der Waals surface area contributed by atoms with Crippen LogP contribution in [0.3, 0.4) is 0 Å². The summed E-state index contributed by atoms with van der Waals surface area (Å²) in [6, 6.07) is 10.3. The minimum atomic E-state index is -0.251. The van der Waals surface area contributed by atoms with Gasteiger partial charge in [-0.05, 0) is 17.5 Å². The predicted molar refractivity (Wildman–Crippen MR) is 69.0 cm³/mol. The van der Waals surface area contributed by atoms with E-state index in [1.54, 1.807) is 18.2 Å². The van der Waals surface area contributed by atoms with Crippen molar-refractivity contribution in [3.05, 3.63) is 54.2 Å². The van der Waals surface area contributed by atoms with E-state index in [9.17, 15) is 4.39 Å². The molecule has 0 aliphatic carbocycles. The first-order chi connectivity index (χ1) is 8.79. The normalized spacial score (nSPS) is 11.0. The Balaban J connectivity index is 2.26. The van der Waals surface area contributed by atoms with Crippen LogP contribution in [-0.2, 0) is 5.88 Å². The van der Waals surface area contributed by atoms with Crippen molar-refractivity contribution in [2.75, 3.05) is 0 Å². The highest BCUT2D eigenvalue weighted by molar-refractivity contribution is 6.16. The quantitative estimate of drug-likeness (QED) is 0.640. The molecule has 0 amide bonds. The van der Waals surface area contributed by atoms with Crippen molar-refractivity contribution in [2.45, 2.75) is 5.88 Å². The van der Waals surface area contributed by atoms with Gasteiger partial charge in [0, 0.05) is 10.9 Å². The maximum atomic E-state index is 13.7. The fourth-order valence-electron chi connectivity index (χ4n) is 1.94. The molecule has 0 unspecified atom stereocenters. The zero-order valence-electron chi connectivity index (χ0n) is 9.36. The molecule has 0 saturated carbocycles. The molecule has 0 spiro atoms. The van der Waals surface area contributed by atoms with E-state index >= 15 is 0 Å². The molecular weight excluding hydrogens is 253 g/mol. The van der Waals surface area contributed by atoms with Crippen molar-refractivity contribution >= 4 is 22.4 Å². The third kappa shape index (κ3) is 1.77. The van der Waals surface area contributed by atoms with Gasteiger partial charge < -0.3 is 4.42 Å². The number of fused-ring (bicyclic) bond motifs is 1. The molecule has 0 aliphatic rings. The van der Waals surface area contributed by atoms with E-state index in [4.69, 9.17) is 16.0 Å². The lowest BCUT2D eigenvalue weighted by molar-refractivity contribution is 0.573. The zero-order valence-corrected chi connectivity index (χ0v) is 10.1. The van der Waals surface area contributed by atoms with Crippen molar-refractivity contribution < 1.29 is 8.81 Å². The molecule has 0 radical (unpaired) electrons. The molecule has 0 bridgehead atoms. The molecule has 1 heterocycles. The molecule has 2 aromatic carbocycles. The number of rotatable bonds is 2. The zero-order chi connectivity index (χ0) is 12.5. The Hall–Kier alpha value is -1.87. The van der Waals surface area contributed by atoms with E-state index in [0.29, 0.717) is 22.9 Å². The van der Waals surface area contributed by atoms with E-state index in [2.05, 4.69) is 4.98 Å². The Morgan fingerprint density at radius 1 is 1.11 bits per heavy atom. The first-order valence-corrected chi connectivity index (χ1v) is 6.01. The predicted octanol–water partition coefficient (Wildman–Crippen LogP) is 4.37. The molecule has 0 fully saturated rings. The SMILES string of the molecule is Fc1ccc(-c2nc(CCl)co2)c2ccccc12. The average molecular weight is 262 g/mol. The summed E-state index contributed by atoms with van der Waals surface area (Å²) < 4.78 is 19.1. The third-order valence-corrected chi connectivity index (χ3v) is 3.06. The van der Waals surface area contributed by atoms with Gasteiger partial charge in [0.2, 0.25) is 5.89 Å². The molecular formula is C14H9ClFNO. The molecule has 4 heteroatoms. The number of halogens is 2. The summed E-state index contributed by atoms with van der Waals surface area (Å²) in [5.41, 5.74) is 1.43. The Labute approximate surface area is 108 Å². The fourth-order valence-corrected chi connectivity index (χ4v) is 2.06. The van der Waals surface area contributed by atoms with Gasteiger partial charge in [0.25, 0.3) is 0 Å². The average Bonchev–Trinajstić information content (AvgIpc) is 2.88. The lowest BCUT2D eigenvalue weighted by Crippen LogP contribution is -1.85. The summed E-state index contributed by atoms with van der Waals surface area (Å²) in [4.78, 5) is 4.26. The number of oxazole rings is 1. The summed E-state index contributed by atoms with van der Waals surface area (Å²) in [5.74, 6) is 0.503. The van der Waals surface area contributed by atoms with Gasteiger partial charge in [-0.3, -0.25) is 0 Å². The van der Waals surface area contributed by atoms with Crippen LogP contribution in [0.5, 0.6) is 0 Å². The van der Waals surface area contributed by atoms with Crippen LogP contribution < -0.4 is 0 Å². The summed E-state index contributed by atoms with van der Waals surface area (Å²) >= 11 is 5.69. The number of benzene rings is 2. The number of hydrogen-bond donors (Lipinski definition) is 0. The van der Waals surface area contributed by atoms with E-state index in [1.807, 2.05) is 12.1 Å². The van der Waals surface area contributed by atoms with Crippen LogP contribution in [0.4, 0.5) is 4.39 Å². The molecule has 0 atom stereocenters. The molecule has 2 nitrogen and oxygen atoms in total. The Bertz CT molecular complexity index is 708. The summed E-state index contributed by atoms with van der Waals surface area (Å²) in [5, 5.41) is 1.33. The van der Waals surface area contributed by atoms with Crippen LogP contribution in [0.15, 0.2) is 47.1 Å². The van der Waals surface area contributed by atoms with Gasteiger partial charge in [-0.1, -0.05) is 24.3 Å². The molecule has 3 rings (SSSR count). The monoisotopic (exact) mass is 261 g/mol. The second-order valence-corrected chi connectivity index (χ2v) is 4.19. The summed E-state index contributed by atoms with van der Waals surface area (Å²) in [6.45, 7) is 0. The van der Waals surface area contributed by atoms with E-state index in [0.717, 1.165) is 10.9 Å². The topological polar surface area (TPSA) is 26.0 Å². The van der Waals surface area contributed by atoms with Gasteiger partial charge in [-0.15, -0.1) is 11.6 Å². The minimum Gasteiger partial charge on any atom is -0.444 e. The molecule has 18 heavy (non-hydrogen) atoms.